The molecule has 0 aliphatic carbocycles. The maximum atomic E-state index is 8.76. The molecule has 0 saturated carbocycles. The van der Waals surface area contributed by atoms with Gasteiger partial charge in [-0.1, -0.05) is 13.8 Å². The van der Waals surface area contributed by atoms with E-state index in [-0.39, 0.29) is 5.82 Å². The van der Waals surface area contributed by atoms with Crippen LogP contribution in [0.2, 0.25) is 0 Å². The fraction of sp³-hybridized carbons (Fsp3) is 0.250. The smallest absolute Gasteiger partial charge is 0.235 e. The zero-order valence-electron chi connectivity index (χ0n) is 10.5. The molecule has 94 valence electrons. The van der Waals surface area contributed by atoms with E-state index in [1.807, 2.05) is 12.1 Å². The molecule has 0 aromatic carbocycles. The molecule has 7 heteroatoms. The second-order valence-electron chi connectivity index (χ2n) is 4.43. The van der Waals surface area contributed by atoms with Crippen molar-refractivity contribution in [3.8, 4) is 11.9 Å². The van der Waals surface area contributed by atoms with Crippen LogP contribution in [0.4, 0.5) is 0 Å². The average Bonchev–Trinajstić information content (AvgIpc) is 3.04. The molecule has 0 bridgehead atoms. The minimum atomic E-state index is 0.118. The second-order valence-corrected chi connectivity index (χ2v) is 4.43. The molecule has 3 rings (SSSR count). The number of hydrogen-bond donors (Lipinski definition) is 0. The third kappa shape index (κ3) is 1.83. The molecule has 3 heterocycles. The van der Waals surface area contributed by atoms with E-state index in [1.54, 1.807) is 16.9 Å². The van der Waals surface area contributed by atoms with Crippen LogP contribution in [0.25, 0.3) is 11.3 Å². The molecule has 0 radical (unpaired) electrons. The quantitative estimate of drug-likeness (QED) is 0.687. The molecule has 0 saturated heterocycles. The Balaban J connectivity index is 2.21. The van der Waals surface area contributed by atoms with E-state index >= 15 is 0 Å². The molecular formula is C12H11N7. The number of aromatic nitrogens is 6. The third-order valence-corrected chi connectivity index (χ3v) is 2.79. The van der Waals surface area contributed by atoms with Crippen molar-refractivity contribution < 1.29 is 0 Å². The van der Waals surface area contributed by atoms with E-state index in [9.17, 15) is 0 Å². The number of fused-ring (bicyclic) bond motifs is 1. The minimum absolute atomic E-state index is 0.118. The van der Waals surface area contributed by atoms with E-state index < -0.39 is 0 Å². The monoisotopic (exact) mass is 253 g/mol. The van der Waals surface area contributed by atoms with Gasteiger partial charge in [-0.3, -0.25) is 0 Å². The summed E-state index contributed by atoms with van der Waals surface area (Å²) in [5.74, 6) is 1.06. The minimum Gasteiger partial charge on any atom is -0.235 e. The third-order valence-electron chi connectivity index (χ3n) is 2.79. The van der Waals surface area contributed by atoms with Crippen LogP contribution in [-0.4, -0.2) is 29.4 Å². The topological polar surface area (TPSA) is 84.7 Å². The summed E-state index contributed by atoms with van der Waals surface area (Å²) in [5.41, 5.74) is 1.82. The van der Waals surface area contributed by atoms with Crippen LogP contribution in [0.1, 0.15) is 31.3 Å². The summed E-state index contributed by atoms with van der Waals surface area (Å²) in [6.07, 6.45) is 4.91. The largest absolute Gasteiger partial charge is 0.252 e. The summed E-state index contributed by atoms with van der Waals surface area (Å²) < 4.78 is 3.24. The van der Waals surface area contributed by atoms with Gasteiger partial charge in [0.05, 0.1) is 5.69 Å². The number of nitrogens with zero attached hydrogens (tertiary/aromatic N) is 7. The molecule has 0 fully saturated rings. The first-order chi connectivity index (χ1) is 9.19. The summed E-state index contributed by atoms with van der Waals surface area (Å²) in [5, 5.41) is 17.3. The Kier molecular flexibility index (Phi) is 2.49. The number of rotatable bonds is 2. The highest BCUT2D eigenvalue weighted by Gasteiger charge is 2.12. The summed E-state index contributed by atoms with van der Waals surface area (Å²) in [6, 6.07) is 3.87. The molecule has 3 aromatic rings. The number of nitriles is 1. The molecule has 0 amide bonds. The van der Waals surface area contributed by atoms with E-state index in [4.69, 9.17) is 5.26 Å². The molecule has 0 atom stereocenters. The molecule has 19 heavy (non-hydrogen) atoms. The SMILES string of the molecule is CC(C)c1cc2c(-n3cnc(C#N)n3)nccn2n1. The van der Waals surface area contributed by atoms with Crippen molar-refractivity contribution in [2.45, 2.75) is 19.8 Å². The molecule has 3 aromatic heterocycles. The lowest BCUT2D eigenvalue weighted by Gasteiger charge is -2.00. The van der Waals surface area contributed by atoms with E-state index in [0.717, 1.165) is 11.2 Å². The standard InChI is InChI=1S/C12H11N7/c1-8(2)9-5-10-12(14-3-4-18(10)16-9)19-7-15-11(6-13)17-19/h3-5,7-8H,1-2H3. The van der Waals surface area contributed by atoms with Crippen LogP contribution in [0.3, 0.4) is 0 Å². The van der Waals surface area contributed by atoms with Crippen molar-refractivity contribution in [1.29, 1.82) is 5.26 Å². The summed E-state index contributed by atoms with van der Waals surface area (Å²) >= 11 is 0. The Bertz CT molecular complexity index is 775. The van der Waals surface area contributed by atoms with Gasteiger partial charge >= 0.3 is 0 Å². The first-order valence-electron chi connectivity index (χ1n) is 5.85. The maximum Gasteiger partial charge on any atom is 0.252 e. The van der Waals surface area contributed by atoms with Crippen molar-refractivity contribution in [1.82, 2.24) is 29.4 Å². The Hall–Kier alpha value is -2.75. The lowest BCUT2D eigenvalue weighted by molar-refractivity contribution is 0.780. The molecule has 0 aliphatic heterocycles. The first-order valence-corrected chi connectivity index (χ1v) is 5.85. The van der Waals surface area contributed by atoms with Crippen molar-refractivity contribution in [2.24, 2.45) is 0 Å². The van der Waals surface area contributed by atoms with Gasteiger partial charge in [0.1, 0.15) is 17.9 Å². The van der Waals surface area contributed by atoms with E-state index in [2.05, 4.69) is 34.0 Å². The van der Waals surface area contributed by atoms with Gasteiger partial charge in [-0.2, -0.15) is 15.0 Å². The van der Waals surface area contributed by atoms with Gasteiger partial charge in [0.2, 0.25) is 0 Å². The number of hydrogen-bond acceptors (Lipinski definition) is 5. The Morgan fingerprint density at radius 1 is 1.26 bits per heavy atom. The normalized spacial score (nSPS) is 11.1. The van der Waals surface area contributed by atoms with Gasteiger partial charge in [-0.15, -0.1) is 5.10 Å². The van der Waals surface area contributed by atoms with Crippen LogP contribution >= 0.6 is 0 Å². The highest BCUT2D eigenvalue weighted by Crippen LogP contribution is 2.18. The zero-order valence-corrected chi connectivity index (χ0v) is 10.5. The maximum absolute atomic E-state index is 8.76. The van der Waals surface area contributed by atoms with Gasteiger partial charge in [0, 0.05) is 12.4 Å². The highest BCUT2D eigenvalue weighted by atomic mass is 15.4. The Morgan fingerprint density at radius 2 is 2.11 bits per heavy atom. The molecule has 0 aliphatic rings. The fourth-order valence-electron chi connectivity index (χ4n) is 1.80. The summed E-state index contributed by atoms with van der Waals surface area (Å²) in [6.45, 7) is 4.16. The van der Waals surface area contributed by atoms with Gasteiger partial charge in [0.15, 0.2) is 5.82 Å². The molecule has 0 unspecified atom stereocenters. The lowest BCUT2D eigenvalue weighted by Crippen LogP contribution is -2.02. The molecular weight excluding hydrogens is 242 g/mol. The van der Waals surface area contributed by atoms with Crippen molar-refractivity contribution >= 4 is 5.52 Å². The molecule has 7 nitrogen and oxygen atoms in total. The Labute approximate surface area is 109 Å². The van der Waals surface area contributed by atoms with Crippen LogP contribution < -0.4 is 0 Å². The summed E-state index contributed by atoms with van der Waals surface area (Å²) in [7, 11) is 0. The Morgan fingerprint density at radius 3 is 2.79 bits per heavy atom. The predicted octanol–water partition coefficient (Wildman–Crippen LogP) is 1.31. The highest BCUT2D eigenvalue weighted by molar-refractivity contribution is 5.60. The van der Waals surface area contributed by atoms with Crippen molar-refractivity contribution in [2.75, 3.05) is 0 Å². The summed E-state index contributed by atoms with van der Waals surface area (Å²) in [4.78, 5) is 8.17. The molecule has 0 spiro atoms. The van der Waals surface area contributed by atoms with Crippen LogP contribution in [-0.2, 0) is 0 Å². The zero-order chi connectivity index (χ0) is 13.4. The predicted molar refractivity (Wildman–Crippen MR) is 66.7 cm³/mol. The van der Waals surface area contributed by atoms with Gasteiger partial charge < -0.3 is 0 Å². The molecule has 0 N–H and O–H groups in total. The van der Waals surface area contributed by atoms with Crippen molar-refractivity contribution in [3.63, 3.8) is 0 Å². The second kappa shape index (κ2) is 4.17. The van der Waals surface area contributed by atoms with Crippen molar-refractivity contribution in [3.05, 3.63) is 36.3 Å². The fourth-order valence-corrected chi connectivity index (χ4v) is 1.80. The van der Waals surface area contributed by atoms with E-state index in [1.165, 1.54) is 11.0 Å². The van der Waals surface area contributed by atoms with E-state index in [0.29, 0.717) is 11.7 Å². The van der Waals surface area contributed by atoms with Gasteiger partial charge in [0.25, 0.3) is 5.82 Å². The average molecular weight is 253 g/mol. The van der Waals surface area contributed by atoms with Gasteiger partial charge in [-0.25, -0.2) is 14.5 Å². The van der Waals surface area contributed by atoms with Gasteiger partial charge in [-0.05, 0) is 12.0 Å². The first kappa shape index (κ1) is 11.3. The van der Waals surface area contributed by atoms with Crippen LogP contribution in [0.5, 0.6) is 0 Å². The van der Waals surface area contributed by atoms with Crippen LogP contribution in [0, 0.1) is 11.3 Å². The lowest BCUT2D eigenvalue weighted by atomic mass is 10.1. The van der Waals surface area contributed by atoms with Crippen LogP contribution in [0.15, 0.2) is 24.8 Å².